The first kappa shape index (κ1) is 27.9. The van der Waals surface area contributed by atoms with Crippen molar-refractivity contribution in [2.24, 2.45) is 7.05 Å². The summed E-state index contributed by atoms with van der Waals surface area (Å²) >= 11 is 0. The van der Waals surface area contributed by atoms with Crippen LogP contribution in [0.2, 0.25) is 0 Å². The summed E-state index contributed by atoms with van der Waals surface area (Å²) in [6.07, 6.45) is 4.44. The molecule has 0 amide bonds. The topological polar surface area (TPSA) is 21.2 Å². The Kier molecular flexibility index (Phi) is 6.07. The van der Waals surface area contributed by atoms with Gasteiger partial charge in [0.1, 0.15) is 11.7 Å². The fourth-order valence-electron chi connectivity index (χ4n) is 7.33. The predicted molar refractivity (Wildman–Crippen MR) is 175 cm³/mol. The van der Waals surface area contributed by atoms with Crippen LogP contribution in [0.3, 0.4) is 0 Å². The minimum Gasteiger partial charge on any atom is -0.255 e. The SMILES string of the molecule is Cc1cnc2c3cc(-c4c(C(C)C)cc(C(C)C)cc4C(C)C)cc4c3n3c(c[n+](C)c3c2c1C)C(C)(C)C4(C)C. The fourth-order valence-corrected chi connectivity index (χ4v) is 7.33. The molecular formula is C38H48N3+. The summed E-state index contributed by atoms with van der Waals surface area (Å²) in [6.45, 7) is 28.2. The molecule has 3 aromatic heterocycles. The van der Waals surface area contributed by atoms with Gasteiger partial charge in [0.05, 0.1) is 18.0 Å². The Hall–Kier alpha value is -3.20. The molecule has 41 heavy (non-hydrogen) atoms. The van der Waals surface area contributed by atoms with Crippen LogP contribution >= 0.6 is 0 Å². The molecule has 0 unspecified atom stereocenters. The lowest BCUT2D eigenvalue weighted by atomic mass is 9.60. The van der Waals surface area contributed by atoms with Crippen LogP contribution in [0.4, 0.5) is 0 Å². The van der Waals surface area contributed by atoms with Crippen molar-refractivity contribution in [2.75, 3.05) is 0 Å². The van der Waals surface area contributed by atoms with Gasteiger partial charge in [-0.3, -0.25) is 4.98 Å². The average molecular weight is 547 g/mol. The van der Waals surface area contributed by atoms with Crippen molar-refractivity contribution in [2.45, 2.75) is 112 Å². The van der Waals surface area contributed by atoms with Gasteiger partial charge < -0.3 is 0 Å². The summed E-state index contributed by atoms with van der Waals surface area (Å²) in [4.78, 5) is 5.18. The number of nitrogens with zero attached hydrogens (tertiary/aromatic N) is 3. The molecule has 0 bridgehead atoms. The van der Waals surface area contributed by atoms with Crippen LogP contribution in [-0.2, 0) is 17.9 Å². The van der Waals surface area contributed by atoms with Crippen LogP contribution in [0.15, 0.2) is 36.7 Å². The van der Waals surface area contributed by atoms with Crippen LogP contribution < -0.4 is 4.57 Å². The number of benzene rings is 2. The van der Waals surface area contributed by atoms with Gasteiger partial charge in [0.15, 0.2) is 5.69 Å². The number of hydrogen-bond acceptors (Lipinski definition) is 1. The quantitative estimate of drug-likeness (QED) is 0.162. The molecule has 0 spiro atoms. The monoisotopic (exact) mass is 546 g/mol. The Labute approximate surface area is 246 Å². The highest BCUT2D eigenvalue weighted by molar-refractivity contribution is 6.13. The summed E-state index contributed by atoms with van der Waals surface area (Å²) in [7, 11) is 2.20. The number of aryl methyl sites for hydroxylation is 3. The number of rotatable bonds is 4. The zero-order chi connectivity index (χ0) is 29.9. The molecule has 0 N–H and O–H groups in total. The Bertz CT molecular complexity index is 1860. The van der Waals surface area contributed by atoms with Crippen molar-refractivity contribution >= 4 is 27.5 Å². The van der Waals surface area contributed by atoms with E-state index in [1.54, 1.807) is 0 Å². The first-order valence-electron chi connectivity index (χ1n) is 15.5. The van der Waals surface area contributed by atoms with Crippen LogP contribution in [0.5, 0.6) is 0 Å². The molecule has 3 nitrogen and oxygen atoms in total. The molecule has 0 saturated heterocycles. The number of hydrogen-bond donors (Lipinski definition) is 0. The third kappa shape index (κ3) is 3.63. The number of pyridine rings is 2. The maximum Gasteiger partial charge on any atom is 0.296 e. The number of aromatic nitrogens is 3. The van der Waals surface area contributed by atoms with E-state index in [0.717, 1.165) is 5.52 Å². The number of imidazole rings is 1. The largest absolute Gasteiger partial charge is 0.296 e. The van der Waals surface area contributed by atoms with E-state index in [1.807, 2.05) is 0 Å². The minimum absolute atomic E-state index is 0.0716. The predicted octanol–water partition coefficient (Wildman–Crippen LogP) is 9.69. The van der Waals surface area contributed by atoms with Gasteiger partial charge in [-0.05, 0) is 82.7 Å². The van der Waals surface area contributed by atoms with Gasteiger partial charge in [-0.25, -0.2) is 4.57 Å². The lowest BCUT2D eigenvalue weighted by molar-refractivity contribution is -0.643. The first-order chi connectivity index (χ1) is 19.1. The summed E-state index contributed by atoms with van der Waals surface area (Å²) in [6, 6.07) is 9.99. The van der Waals surface area contributed by atoms with Crippen molar-refractivity contribution < 1.29 is 4.57 Å². The second-order valence-electron chi connectivity index (χ2n) is 14.8. The third-order valence-corrected chi connectivity index (χ3v) is 10.8. The molecule has 2 aromatic carbocycles. The summed E-state index contributed by atoms with van der Waals surface area (Å²) in [5.74, 6) is 1.35. The maximum atomic E-state index is 5.18. The summed E-state index contributed by atoms with van der Waals surface area (Å²) in [5.41, 5.74) is 16.0. The normalized spacial score (nSPS) is 16.0. The molecule has 0 aliphatic carbocycles. The first-order valence-corrected chi connectivity index (χ1v) is 15.5. The Morgan fingerprint density at radius 2 is 1.41 bits per heavy atom. The Morgan fingerprint density at radius 3 is 1.98 bits per heavy atom. The zero-order valence-corrected chi connectivity index (χ0v) is 27.5. The van der Waals surface area contributed by atoms with Crippen LogP contribution in [0.25, 0.3) is 38.6 Å². The Morgan fingerprint density at radius 1 is 0.805 bits per heavy atom. The van der Waals surface area contributed by atoms with E-state index in [4.69, 9.17) is 4.98 Å². The van der Waals surface area contributed by atoms with Crippen molar-refractivity contribution in [1.82, 2.24) is 9.38 Å². The molecule has 0 fully saturated rings. The number of fused-ring (bicyclic) bond motifs is 3. The van der Waals surface area contributed by atoms with Crippen molar-refractivity contribution in [3.63, 3.8) is 0 Å². The van der Waals surface area contributed by atoms with Crippen molar-refractivity contribution in [3.05, 3.63) is 75.7 Å². The molecule has 214 valence electrons. The average Bonchev–Trinajstić information content (AvgIpc) is 3.26. The van der Waals surface area contributed by atoms with E-state index < -0.39 is 0 Å². The molecule has 0 atom stereocenters. The van der Waals surface area contributed by atoms with Gasteiger partial charge in [0.25, 0.3) is 5.65 Å². The molecule has 0 radical (unpaired) electrons. The standard InChI is InChI=1S/C38H48N3/c1-20(2)25-14-27(21(3)4)33(28(15-25)22(5)6)26-16-29-34-32(24(8)23(7)18-39-34)36-40(13)19-31-38(11,12)37(9,10)30(17-26)35(29)41(31)36/h14-22H,1-13H3/q+1. The second-order valence-corrected chi connectivity index (χ2v) is 14.8. The second kappa shape index (κ2) is 8.90. The van der Waals surface area contributed by atoms with Gasteiger partial charge in [0.2, 0.25) is 0 Å². The molecule has 0 saturated carbocycles. The van der Waals surface area contributed by atoms with E-state index in [2.05, 4.69) is 136 Å². The van der Waals surface area contributed by atoms with Gasteiger partial charge in [-0.15, -0.1) is 0 Å². The zero-order valence-electron chi connectivity index (χ0n) is 27.5. The lowest BCUT2D eigenvalue weighted by Crippen LogP contribution is -2.44. The van der Waals surface area contributed by atoms with Crippen LogP contribution in [0, 0.1) is 13.8 Å². The highest BCUT2D eigenvalue weighted by Gasteiger charge is 2.50. The highest BCUT2D eigenvalue weighted by atomic mass is 15.1. The molecule has 5 aromatic rings. The summed E-state index contributed by atoms with van der Waals surface area (Å²) in [5, 5.41) is 2.54. The molecule has 6 rings (SSSR count). The maximum absolute atomic E-state index is 5.18. The van der Waals surface area contributed by atoms with Gasteiger partial charge >= 0.3 is 0 Å². The fraction of sp³-hybridized carbons (Fsp3) is 0.474. The Balaban J connectivity index is 1.89. The van der Waals surface area contributed by atoms with E-state index >= 15 is 0 Å². The van der Waals surface area contributed by atoms with E-state index in [1.165, 1.54) is 72.1 Å². The van der Waals surface area contributed by atoms with Crippen LogP contribution in [0.1, 0.15) is 126 Å². The van der Waals surface area contributed by atoms with Crippen molar-refractivity contribution in [1.29, 1.82) is 0 Å². The van der Waals surface area contributed by atoms with Gasteiger partial charge in [-0.2, -0.15) is 4.40 Å². The van der Waals surface area contributed by atoms with Crippen molar-refractivity contribution in [3.8, 4) is 11.1 Å². The van der Waals surface area contributed by atoms with Gasteiger partial charge in [-0.1, -0.05) is 81.4 Å². The van der Waals surface area contributed by atoms with Crippen LogP contribution in [-0.4, -0.2) is 9.38 Å². The molecule has 3 heteroatoms. The lowest BCUT2D eigenvalue weighted by Gasteiger charge is -2.43. The summed E-state index contributed by atoms with van der Waals surface area (Å²) < 4.78 is 4.91. The van der Waals surface area contributed by atoms with E-state index in [-0.39, 0.29) is 10.8 Å². The molecule has 1 aliphatic heterocycles. The van der Waals surface area contributed by atoms with Gasteiger partial charge in [0, 0.05) is 28.0 Å². The smallest absolute Gasteiger partial charge is 0.255 e. The molecule has 1 aliphatic rings. The highest BCUT2D eigenvalue weighted by Crippen LogP contribution is 2.53. The van der Waals surface area contributed by atoms with E-state index in [0.29, 0.717) is 17.8 Å². The minimum atomic E-state index is -0.0865. The van der Waals surface area contributed by atoms with E-state index in [9.17, 15) is 0 Å². The molecule has 4 heterocycles. The molecular weight excluding hydrogens is 498 g/mol. The third-order valence-electron chi connectivity index (χ3n) is 10.8.